The fourth-order valence-corrected chi connectivity index (χ4v) is 2.98. The minimum atomic E-state index is -0.0942. The van der Waals surface area contributed by atoms with E-state index < -0.39 is 0 Å². The lowest BCUT2D eigenvalue weighted by Crippen LogP contribution is -2.24. The van der Waals surface area contributed by atoms with Crippen molar-refractivity contribution in [3.63, 3.8) is 0 Å². The number of nitrogens with two attached hydrogens (primary N) is 1. The van der Waals surface area contributed by atoms with Crippen molar-refractivity contribution in [2.45, 2.75) is 40.3 Å². The fraction of sp³-hybridized carbons (Fsp3) is 0.438. The van der Waals surface area contributed by atoms with Crippen molar-refractivity contribution >= 4 is 21.6 Å². The minimum absolute atomic E-state index is 0.0942. The van der Waals surface area contributed by atoms with Gasteiger partial charge in [-0.2, -0.15) is 0 Å². The monoisotopic (exact) mass is 351 g/mol. The van der Waals surface area contributed by atoms with Crippen molar-refractivity contribution in [2.75, 3.05) is 5.73 Å². The van der Waals surface area contributed by atoms with E-state index in [2.05, 4.69) is 29.8 Å². The Hall–Kier alpha value is -1.49. The lowest BCUT2D eigenvalue weighted by Gasteiger charge is -2.15. The highest BCUT2D eigenvalue weighted by atomic mass is 79.9. The van der Waals surface area contributed by atoms with Gasteiger partial charge in [-0.15, -0.1) is 0 Å². The van der Waals surface area contributed by atoms with E-state index in [0.717, 1.165) is 28.7 Å². The summed E-state index contributed by atoms with van der Waals surface area (Å²) in [7, 11) is 0. The lowest BCUT2D eigenvalue weighted by atomic mass is 10.1. The maximum absolute atomic E-state index is 12.5. The molecule has 0 saturated carbocycles. The molecule has 0 radical (unpaired) electrons. The molecule has 0 amide bonds. The molecule has 0 unspecified atom stereocenters. The molecular formula is C16H22BrN3O. The first kappa shape index (κ1) is 15.9. The number of nitrogens with zero attached hydrogens (tertiary/aromatic N) is 2. The molecule has 0 saturated heterocycles. The van der Waals surface area contributed by atoms with E-state index in [0.29, 0.717) is 18.2 Å². The van der Waals surface area contributed by atoms with Gasteiger partial charge in [-0.05, 0) is 30.9 Å². The van der Waals surface area contributed by atoms with Crippen LogP contribution in [0, 0.1) is 5.92 Å². The smallest absolute Gasteiger partial charge is 0.290 e. The Balaban J connectivity index is 2.49. The molecule has 0 fully saturated rings. The fourth-order valence-electron chi connectivity index (χ4n) is 2.57. The summed E-state index contributed by atoms with van der Waals surface area (Å²) in [5, 5.41) is 0. The van der Waals surface area contributed by atoms with Crippen LogP contribution in [0.5, 0.6) is 0 Å². The molecule has 2 rings (SSSR count). The summed E-state index contributed by atoms with van der Waals surface area (Å²) < 4.78 is 4.76. The second-order valence-electron chi connectivity index (χ2n) is 5.63. The van der Waals surface area contributed by atoms with Crippen molar-refractivity contribution in [1.82, 2.24) is 9.36 Å². The van der Waals surface area contributed by atoms with Crippen LogP contribution < -0.4 is 11.3 Å². The number of halogens is 1. The molecule has 0 aliphatic carbocycles. The number of benzene rings is 1. The topological polar surface area (TPSA) is 52.9 Å². The van der Waals surface area contributed by atoms with E-state index in [1.807, 2.05) is 35.9 Å². The van der Waals surface area contributed by atoms with Crippen molar-refractivity contribution in [3.05, 3.63) is 50.3 Å². The molecule has 4 nitrogen and oxygen atoms in total. The average molecular weight is 352 g/mol. The van der Waals surface area contributed by atoms with Crippen molar-refractivity contribution in [3.8, 4) is 0 Å². The summed E-state index contributed by atoms with van der Waals surface area (Å²) in [5.41, 5.74) is 8.37. The van der Waals surface area contributed by atoms with Gasteiger partial charge >= 0.3 is 0 Å². The Morgan fingerprint density at radius 3 is 2.48 bits per heavy atom. The van der Waals surface area contributed by atoms with Gasteiger partial charge in [-0.1, -0.05) is 48.0 Å². The van der Waals surface area contributed by atoms with Gasteiger partial charge in [0.05, 0.1) is 12.2 Å². The highest BCUT2D eigenvalue weighted by molar-refractivity contribution is 9.10. The number of anilines is 1. The van der Waals surface area contributed by atoms with E-state index in [1.165, 1.54) is 0 Å². The third-order valence-corrected chi connectivity index (χ3v) is 4.33. The maximum atomic E-state index is 12.5. The lowest BCUT2D eigenvalue weighted by molar-refractivity contribution is 0.459. The van der Waals surface area contributed by atoms with Gasteiger partial charge in [0.1, 0.15) is 5.69 Å². The maximum Gasteiger partial charge on any atom is 0.290 e. The summed E-state index contributed by atoms with van der Waals surface area (Å²) in [6.45, 7) is 7.57. The third-order valence-electron chi connectivity index (χ3n) is 3.56. The summed E-state index contributed by atoms with van der Waals surface area (Å²) in [6, 6.07) is 7.94. The first-order valence-corrected chi connectivity index (χ1v) is 8.06. The SMILES string of the molecule is CCn1c(CC(C)C)c(N)c(=O)n1Cc1ccccc1Br. The second-order valence-corrected chi connectivity index (χ2v) is 6.48. The van der Waals surface area contributed by atoms with Crippen LogP contribution in [0.1, 0.15) is 32.0 Å². The number of hydrogen-bond acceptors (Lipinski definition) is 2. The quantitative estimate of drug-likeness (QED) is 0.898. The van der Waals surface area contributed by atoms with Gasteiger partial charge in [-0.3, -0.25) is 9.48 Å². The highest BCUT2D eigenvalue weighted by Gasteiger charge is 2.18. The predicted octanol–water partition coefficient (Wildman–Crippen LogP) is 3.26. The molecule has 1 heterocycles. The molecule has 2 N–H and O–H groups in total. The standard InChI is InChI=1S/C16H22BrN3O/c1-4-19-14(9-11(2)3)15(18)16(21)20(19)10-12-7-5-6-8-13(12)17/h5-8,11H,4,9-10,18H2,1-3H3. The predicted molar refractivity (Wildman–Crippen MR) is 90.6 cm³/mol. The minimum Gasteiger partial charge on any atom is -0.393 e. The van der Waals surface area contributed by atoms with Gasteiger partial charge in [0.15, 0.2) is 0 Å². The van der Waals surface area contributed by atoms with Crippen LogP contribution in [0.15, 0.2) is 33.5 Å². The molecule has 0 aliphatic rings. The normalized spacial score (nSPS) is 11.3. The van der Waals surface area contributed by atoms with Crippen molar-refractivity contribution in [2.24, 2.45) is 5.92 Å². The highest BCUT2D eigenvalue weighted by Crippen LogP contribution is 2.19. The Labute approximate surface area is 133 Å². The molecule has 0 aliphatic heterocycles. The van der Waals surface area contributed by atoms with Gasteiger partial charge in [0, 0.05) is 11.0 Å². The zero-order valence-electron chi connectivity index (χ0n) is 12.8. The molecule has 21 heavy (non-hydrogen) atoms. The van der Waals surface area contributed by atoms with Crippen LogP contribution >= 0.6 is 15.9 Å². The summed E-state index contributed by atoms with van der Waals surface area (Å²) >= 11 is 3.53. The molecule has 114 valence electrons. The van der Waals surface area contributed by atoms with Gasteiger partial charge < -0.3 is 5.73 Å². The summed E-state index contributed by atoms with van der Waals surface area (Å²) in [5.74, 6) is 0.462. The molecule has 0 bridgehead atoms. The largest absolute Gasteiger partial charge is 0.393 e. The van der Waals surface area contributed by atoms with Gasteiger partial charge in [0.25, 0.3) is 5.56 Å². The van der Waals surface area contributed by atoms with Crippen LogP contribution in [0.2, 0.25) is 0 Å². The molecule has 0 spiro atoms. The first-order chi connectivity index (χ1) is 9.95. The van der Waals surface area contributed by atoms with E-state index in [4.69, 9.17) is 5.73 Å². The van der Waals surface area contributed by atoms with Crippen LogP contribution in [0.4, 0.5) is 5.69 Å². The van der Waals surface area contributed by atoms with E-state index in [-0.39, 0.29) is 5.56 Å². The zero-order chi connectivity index (χ0) is 15.6. The first-order valence-electron chi connectivity index (χ1n) is 7.27. The number of nitrogen functional groups attached to an aromatic ring is 1. The second kappa shape index (κ2) is 6.52. The van der Waals surface area contributed by atoms with E-state index in [9.17, 15) is 4.79 Å². The Morgan fingerprint density at radius 2 is 1.90 bits per heavy atom. The van der Waals surface area contributed by atoms with E-state index >= 15 is 0 Å². The van der Waals surface area contributed by atoms with Crippen LogP contribution in [0.3, 0.4) is 0 Å². The van der Waals surface area contributed by atoms with E-state index in [1.54, 1.807) is 4.68 Å². The Kier molecular flexibility index (Phi) is 4.93. The third kappa shape index (κ3) is 3.23. The molecule has 0 atom stereocenters. The van der Waals surface area contributed by atoms with Gasteiger partial charge in [0.2, 0.25) is 0 Å². The number of rotatable bonds is 5. The molecule has 5 heteroatoms. The van der Waals surface area contributed by atoms with Crippen LogP contribution in [-0.2, 0) is 19.5 Å². The number of hydrogen-bond donors (Lipinski definition) is 1. The molecule has 1 aromatic heterocycles. The summed E-state index contributed by atoms with van der Waals surface area (Å²) in [4.78, 5) is 12.5. The molecule has 2 aromatic rings. The van der Waals surface area contributed by atoms with Crippen LogP contribution in [0.25, 0.3) is 0 Å². The molecular weight excluding hydrogens is 330 g/mol. The van der Waals surface area contributed by atoms with Crippen molar-refractivity contribution in [1.29, 1.82) is 0 Å². The number of aromatic nitrogens is 2. The van der Waals surface area contributed by atoms with Crippen LogP contribution in [-0.4, -0.2) is 9.36 Å². The molecule has 1 aromatic carbocycles. The Bertz CT molecular complexity index is 685. The van der Waals surface area contributed by atoms with Crippen molar-refractivity contribution < 1.29 is 0 Å². The van der Waals surface area contributed by atoms with Gasteiger partial charge in [-0.25, -0.2) is 4.68 Å². The summed E-state index contributed by atoms with van der Waals surface area (Å²) in [6.07, 6.45) is 0.817. The zero-order valence-corrected chi connectivity index (χ0v) is 14.4. The Morgan fingerprint density at radius 1 is 1.24 bits per heavy atom. The average Bonchev–Trinajstić information content (AvgIpc) is 2.65.